The second-order valence-electron chi connectivity index (χ2n) is 5.20. The lowest BCUT2D eigenvalue weighted by atomic mass is 10.1. The van der Waals surface area contributed by atoms with Crippen molar-refractivity contribution in [2.24, 2.45) is 0 Å². The number of hydrogen-bond acceptors (Lipinski definition) is 3. The SMILES string of the molecule is CC(C)c1nccn1CCOc1ccc(CC(=O)O)cc1. The van der Waals surface area contributed by atoms with Crippen LogP contribution in [0, 0.1) is 0 Å². The van der Waals surface area contributed by atoms with Crippen molar-refractivity contribution in [3.05, 3.63) is 48.0 Å². The fourth-order valence-electron chi connectivity index (χ4n) is 2.15. The van der Waals surface area contributed by atoms with Crippen LogP contribution in [0.2, 0.25) is 0 Å². The standard InChI is InChI=1S/C16H20N2O3/c1-12(2)16-17-7-8-18(16)9-10-21-14-5-3-13(4-6-14)11-15(19)20/h3-8,12H,9-11H2,1-2H3,(H,19,20). The molecular weight excluding hydrogens is 268 g/mol. The molecule has 5 nitrogen and oxygen atoms in total. The van der Waals surface area contributed by atoms with E-state index in [-0.39, 0.29) is 6.42 Å². The Balaban J connectivity index is 1.86. The summed E-state index contributed by atoms with van der Waals surface area (Å²) in [5, 5.41) is 8.71. The molecule has 21 heavy (non-hydrogen) atoms. The molecule has 0 aliphatic rings. The van der Waals surface area contributed by atoms with Crippen LogP contribution in [0.15, 0.2) is 36.7 Å². The third-order valence-electron chi connectivity index (χ3n) is 3.14. The van der Waals surface area contributed by atoms with Crippen molar-refractivity contribution < 1.29 is 14.6 Å². The fraction of sp³-hybridized carbons (Fsp3) is 0.375. The van der Waals surface area contributed by atoms with Gasteiger partial charge in [-0.3, -0.25) is 4.79 Å². The molecule has 0 saturated carbocycles. The van der Waals surface area contributed by atoms with E-state index in [4.69, 9.17) is 9.84 Å². The number of carboxylic acids is 1. The van der Waals surface area contributed by atoms with E-state index in [1.54, 1.807) is 30.5 Å². The Morgan fingerprint density at radius 3 is 2.67 bits per heavy atom. The zero-order chi connectivity index (χ0) is 15.2. The highest BCUT2D eigenvalue weighted by atomic mass is 16.5. The lowest BCUT2D eigenvalue weighted by molar-refractivity contribution is -0.136. The van der Waals surface area contributed by atoms with E-state index in [2.05, 4.69) is 23.4 Å². The van der Waals surface area contributed by atoms with Crippen molar-refractivity contribution in [3.8, 4) is 5.75 Å². The second-order valence-corrected chi connectivity index (χ2v) is 5.20. The van der Waals surface area contributed by atoms with E-state index in [1.165, 1.54) is 0 Å². The van der Waals surface area contributed by atoms with Crippen LogP contribution < -0.4 is 4.74 Å². The lowest BCUT2D eigenvalue weighted by Crippen LogP contribution is -2.11. The predicted molar refractivity (Wildman–Crippen MR) is 79.6 cm³/mol. The van der Waals surface area contributed by atoms with Gasteiger partial charge in [0.1, 0.15) is 18.2 Å². The number of imidazole rings is 1. The largest absolute Gasteiger partial charge is 0.492 e. The summed E-state index contributed by atoms with van der Waals surface area (Å²) < 4.78 is 7.76. The molecule has 1 aromatic heterocycles. The summed E-state index contributed by atoms with van der Waals surface area (Å²) in [6.07, 6.45) is 3.79. The van der Waals surface area contributed by atoms with Gasteiger partial charge in [0.2, 0.25) is 0 Å². The summed E-state index contributed by atoms with van der Waals surface area (Å²) >= 11 is 0. The first-order valence-corrected chi connectivity index (χ1v) is 7.01. The maximum Gasteiger partial charge on any atom is 0.307 e. The first-order chi connectivity index (χ1) is 10.1. The van der Waals surface area contributed by atoms with Crippen molar-refractivity contribution in [2.45, 2.75) is 32.7 Å². The molecule has 0 unspecified atom stereocenters. The first-order valence-electron chi connectivity index (χ1n) is 7.01. The molecule has 0 bridgehead atoms. The number of benzene rings is 1. The van der Waals surface area contributed by atoms with Gasteiger partial charge in [0.25, 0.3) is 0 Å². The molecule has 0 aliphatic carbocycles. The molecule has 0 fully saturated rings. The molecule has 1 aromatic carbocycles. The molecule has 112 valence electrons. The molecule has 0 aliphatic heterocycles. The summed E-state index contributed by atoms with van der Waals surface area (Å²) in [6.45, 7) is 5.51. The Morgan fingerprint density at radius 1 is 1.33 bits per heavy atom. The van der Waals surface area contributed by atoms with E-state index < -0.39 is 5.97 Å². The Labute approximate surface area is 124 Å². The highest BCUT2D eigenvalue weighted by Gasteiger charge is 2.07. The maximum absolute atomic E-state index is 10.6. The van der Waals surface area contributed by atoms with Gasteiger partial charge < -0.3 is 14.4 Å². The molecule has 5 heteroatoms. The number of carboxylic acid groups (broad SMARTS) is 1. The number of ether oxygens (including phenoxy) is 1. The number of aliphatic carboxylic acids is 1. The Hall–Kier alpha value is -2.30. The number of nitrogens with zero attached hydrogens (tertiary/aromatic N) is 2. The van der Waals surface area contributed by atoms with E-state index in [1.807, 2.05) is 6.20 Å². The van der Waals surface area contributed by atoms with Gasteiger partial charge in [-0.15, -0.1) is 0 Å². The van der Waals surface area contributed by atoms with E-state index in [0.717, 1.165) is 23.7 Å². The monoisotopic (exact) mass is 288 g/mol. The molecule has 0 saturated heterocycles. The van der Waals surface area contributed by atoms with Gasteiger partial charge in [0.15, 0.2) is 0 Å². The molecular formula is C16H20N2O3. The Bertz CT molecular complexity index is 588. The number of hydrogen-bond donors (Lipinski definition) is 1. The molecule has 1 heterocycles. The third kappa shape index (κ3) is 4.34. The second kappa shape index (κ2) is 6.92. The van der Waals surface area contributed by atoms with Gasteiger partial charge in [-0.1, -0.05) is 26.0 Å². The van der Waals surface area contributed by atoms with Crippen LogP contribution in [0.4, 0.5) is 0 Å². The quantitative estimate of drug-likeness (QED) is 0.850. The Morgan fingerprint density at radius 2 is 2.05 bits per heavy atom. The van der Waals surface area contributed by atoms with Gasteiger partial charge >= 0.3 is 5.97 Å². The number of carbonyl (C=O) groups is 1. The van der Waals surface area contributed by atoms with Gasteiger partial charge in [-0.25, -0.2) is 4.98 Å². The molecule has 0 atom stereocenters. The highest BCUT2D eigenvalue weighted by Crippen LogP contribution is 2.14. The molecule has 0 spiro atoms. The molecule has 2 rings (SSSR count). The Kier molecular flexibility index (Phi) is 4.98. The van der Waals surface area contributed by atoms with E-state index in [0.29, 0.717) is 12.5 Å². The van der Waals surface area contributed by atoms with Crippen LogP contribution in [0.5, 0.6) is 5.75 Å². The van der Waals surface area contributed by atoms with Crippen molar-refractivity contribution in [2.75, 3.05) is 6.61 Å². The van der Waals surface area contributed by atoms with Crippen molar-refractivity contribution >= 4 is 5.97 Å². The van der Waals surface area contributed by atoms with Crippen LogP contribution >= 0.6 is 0 Å². The summed E-state index contributed by atoms with van der Waals surface area (Å²) in [5.74, 6) is 1.35. The van der Waals surface area contributed by atoms with E-state index in [9.17, 15) is 4.79 Å². The van der Waals surface area contributed by atoms with Crippen LogP contribution in [0.1, 0.15) is 31.2 Å². The highest BCUT2D eigenvalue weighted by molar-refractivity contribution is 5.70. The maximum atomic E-state index is 10.6. The zero-order valence-electron chi connectivity index (χ0n) is 12.3. The van der Waals surface area contributed by atoms with Crippen molar-refractivity contribution in [1.29, 1.82) is 0 Å². The van der Waals surface area contributed by atoms with Crippen LogP contribution in [0.25, 0.3) is 0 Å². The average molecular weight is 288 g/mol. The average Bonchev–Trinajstić information content (AvgIpc) is 2.89. The van der Waals surface area contributed by atoms with Gasteiger partial charge in [0.05, 0.1) is 13.0 Å². The van der Waals surface area contributed by atoms with Crippen molar-refractivity contribution in [3.63, 3.8) is 0 Å². The minimum absolute atomic E-state index is 0.0348. The van der Waals surface area contributed by atoms with Crippen LogP contribution in [0.3, 0.4) is 0 Å². The summed E-state index contributed by atoms with van der Waals surface area (Å²) in [5.41, 5.74) is 0.770. The summed E-state index contributed by atoms with van der Waals surface area (Å²) in [7, 11) is 0. The molecule has 0 amide bonds. The molecule has 2 aromatic rings. The number of aromatic nitrogens is 2. The molecule has 0 radical (unpaired) electrons. The lowest BCUT2D eigenvalue weighted by Gasteiger charge is -2.11. The molecule has 1 N–H and O–H groups in total. The van der Waals surface area contributed by atoms with Crippen LogP contribution in [-0.2, 0) is 17.8 Å². The third-order valence-corrected chi connectivity index (χ3v) is 3.14. The normalized spacial score (nSPS) is 10.8. The van der Waals surface area contributed by atoms with E-state index >= 15 is 0 Å². The van der Waals surface area contributed by atoms with Gasteiger partial charge in [0, 0.05) is 18.3 Å². The smallest absolute Gasteiger partial charge is 0.307 e. The van der Waals surface area contributed by atoms with Gasteiger partial charge in [-0.05, 0) is 17.7 Å². The summed E-state index contributed by atoms with van der Waals surface area (Å²) in [4.78, 5) is 14.9. The van der Waals surface area contributed by atoms with Crippen molar-refractivity contribution in [1.82, 2.24) is 9.55 Å². The summed E-state index contributed by atoms with van der Waals surface area (Å²) in [6, 6.07) is 7.16. The minimum Gasteiger partial charge on any atom is -0.492 e. The van der Waals surface area contributed by atoms with Gasteiger partial charge in [-0.2, -0.15) is 0 Å². The fourth-order valence-corrected chi connectivity index (χ4v) is 2.15. The topological polar surface area (TPSA) is 64.4 Å². The minimum atomic E-state index is -0.829. The number of rotatable bonds is 7. The van der Waals surface area contributed by atoms with Crippen LogP contribution in [-0.4, -0.2) is 27.2 Å². The first kappa shape index (κ1) is 15.1. The zero-order valence-corrected chi connectivity index (χ0v) is 12.3. The predicted octanol–water partition coefficient (Wildman–Crippen LogP) is 2.71.